The molecule has 1 atom stereocenters. The average Bonchev–Trinajstić information content (AvgIpc) is 3.06. The summed E-state index contributed by atoms with van der Waals surface area (Å²) in [5.74, 6) is -1.27. The zero-order valence-electron chi connectivity index (χ0n) is 16.8. The number of nitrogens with one attached hydrogen (secondary N) is 1. The summed E-state index contributed by atoms with van der Waals surface area (Å²) in [7, 11) is 0. The predicted molar refractivity (Wildman–Crippen MR) is 116 cm³/mol. The molecule has 7 heteroatoms. The first-order valence-electron chi connectivity index (χ1n) is 10.2. The number of aliphatic carboxylic acids is 1. The van der Waals surface area contributed by atoms with Crippen LogP contribution in [0.15, 0.2) is 48.5 Å². The van der Waals surface area contributed by atoms with Gasteiger partial charge in [-0.05, 0) is 24.6 Å². The van der Waals surface area contributed by atoms with Crippen molar-refractivity contribution in [2.24, 2.45) is 0 Å². The van der Waals surface area contributed by atoms with Crippen molar-refractivity contribution in [1.82, 2.24) is 19.9 Å². The number of amides is 1. The van der Waals surface area contributed by atoms with E-state index in [-0.39, 0.29) is 12.3 Å². The molecule has 7 nitrogen and oxygen atoms in total. The van der Waals surface area contributed by atoms with E-state index in [1.54, 1.807) is 0 Å². The number of carboxylic acids is 1. The highest BCUT2D eigenvalue weighted by Gasteiger charge is 2.20. The van der Waals surface area contributed by atoms with Crippen LogP contribution < -0.4 is 5.32 Å². The topological polar surface area (TPSA) is 97.1 Å². The molecule has 30 heavy (non-hydrogen) atoms. The highest BCUT2D eigenvalue weighted by atomic mass is 16.4. The van der Waals surface area contributed by atoms with E-state index >= 15 is 0 Å². The number of hydrogen-bond donors (Lipinski definition) is 2. The highest BCUT2D eigenvalue weighted by molar-refractivity contribution is 6.06. The van der Waals surface area contributed by atoms with Crippen molar-refractivity contribution in [3.8, 4) is 0 Å². The van der Waals surface area contributed by atoms with Crippen molar-refractivity contribution < 1.29 is 14.7 Å². The molecule has 0 saturated carbocycles. The van der Waals surface area contributed by atoms with Crippen molar-refractivity contribution in [2.45, 2.75) is 45.2 Å². The SMILES string of the molecule is CCCCC(NC(=O)CCn1c2ccccc2c2nc3ccccc3nc21)C(=O)O. The monoisotopic (exact) mass is 404 g/mol. The van der Waals surface area contributed by atoms with E-state index < -0.39 is 12.0 Å². The Balaban J connectivity index is 1.64. The Hall–Kier alpha value is -3.48. The Morgan fingerprint density at radius 3 is 2.50 bits per heavy atom. The van der Waals surface area contributed by atoms with Crippen molar-refractivity contribution >= 4 is 45.0 Å². The maximum atomic E-state index is 12.5. The third kappa shape index (κ3) is 3.83. The molecule has 0 aliphatic carbocycles. The van der Waals surface area contributed by atoms with Crippen LogP contribution in [0.3, 0.4) is 0 Å². The van der Waals surface area contributed by atoms with E-state index in [4.69, 9.17) is 9.97 Å². The van der Waals surface area contributed by atoms with Gasteiger partial charge in [0.1, 0.15) is 11.6 Å². The summed E-state index contributed by atoms with van der Waals surface area (Å²) in [6, 6.07) is 14.8. The van der Waals surface area contributed by atoms with Gasteiger partial charge in [-0.3, -0.25) is 4.79 Å². The summed E-state index contributed by atoms with van der Waals surface area (Å²) in [6.07, 6.45) is 2.24. The van der Waals surface area contributed by atoms with Gasteiger partial charge in [0.2, 0.25) is 5.91 Å². The standard InChI is InChI=1S/C23H24N4O3/c1-2-3-9-18(23(29)30)24-20(28)13-14-27-19-12-7-4-8-15(19)21-22(27)26-17-11-6-5-10-16(17)25-21/h4-8,10-12,18H,2-3,9,13-14H2,1H3,(H,24,28)(H,29,30). The summed E-state index contributed by atoms with van der Waals surface area (Å²) in [5.41, 5.74) is 4.10. The molecule has 0 bridgehead atoms. The summed E-state index contributed by atoms with van der Waals surface area (Å²) in [5, 5.41) is 13.0. The molecule has 0 radical (unpaired) electrons. The lowest BCUT2D eigenvalue weighted by Gasteiger charge is -2.14. The number of aromatic nitrogens is 3. The molecule has 0 spiro atoms. The first-order chi connectivity index (χ1) is 14.6. The van der Waals surface area contributed by atoms with Gasteiger partial charge in [0.25, 0.3) is 0 Å². The summed E-state index contributed by atoms with van der Waals surface area (Å²) < 4.78 is 1.99. The molecule has 2 aromatic carbocycles. The Morgan fingerprint density at radius 2 is 1.77 bits per heavy atom. The lowest BCUT2D eigenvalue weighted by Crippen LogP contribution is -2.41. The number of carbonyl (C=O) groups excluding carboxylic acids is 1. The Labute approximate surface area is 173 Å². The molecular weight excluding hydrogens is 380 g/mol. The molecule has 0 aliphatic rings. The Morgan fingerprint density at radius 1 is 1.07 bits per heavy atom. The van der Waals surface area contributed by atoms with Gasteiger partial charge in [-0.1, -0.05) is 50.1 Å². The molecule has 2 heterocycles. The average molecular weight is 404 g/mol. The molecule has 2 N–H and O–H groups in total. The van der Waals surface area contributed by atoms with Gasteiger partial charge in [0.15, 0.2) is 5.65 Å². The molecule has 1 amide bonds. The van der Waals surface area contributed by atoms with Crippen LogP contribution in [0.4, 0.5) is 0 Å². The van der Waals surface area contributed by atoms with Crippen LogP contribution in [0.5, 0.6) is 0 Å². The van der Waals surface area contributed by atoms with Crippen LogP contribution in [0.25, 0.3) is 33.1 Å². The maximum Gasteiger partial charge on any atom is 0.326 e. The van der Waals surface area contributed by atoms with Crippen LogP contribution >= 0.6 is 0 Å². The molecule has 0 saturated heterocycles. The number of para-hydroxylation sites is 3. The predicted octanol–water partition coefficient (Wildman–Crippen LogP) is 3.89. The maximum absolute atomic E-state index is 12.5. The zero-order chi connectivity index (χ0) is 21.1. The minimum Gasteiger partial charge on any atom is -0.480 e. The van der Waals surface area contributed by atoms with E-state index in [1.165, 1.54) is 0 Å². The molecule has 1 unspecified atom stereocenters. The van der Waals surface area contributed by atoms with Crippen LogP contribution in [-0.4, -0.2) is 37.6 Å². The van der Waals surface area contributed by atoms with Crippen LogP contribution in [0.1, 0.15) is 32.6 Å². The second-order valence-electron chi connectivity index (χ2n) is 7.40. The minimum atomic E-state index is -0.994. The fourth-order valence-electron chi connectivity index (χ4n) is 3.75. The fraction of sp³-hybridized carbons (Fsp3) is 0.304. The van der Waals surface area contributed by atoms with Gasteiger partial charge in [0, 0.05) is 18.4 Å². The largest absolute Gasteiger partial charge is 0.480 e. The van der Waals surface area contributed by atoms with Gasteiger partial charge in [-0.2, -0.15) is 0 Å². The number of fused-ring (bicyclic) bond motifs is 4. The van der Waals surface area contributed by atoms with E-state index in [9.17, 15) is 14.7 Å². The third-order valence-electron chi connectivity index (χ3n) is 5.30. The van der Waals surface area contributed by atoms with E-state index in [2.05, 4.69) is 5.32 Å². The summed E-state index contributed by atoms with van der Waals surface area (Å²) in [6.45, 7) is 2.39. The number of carboxylic acid groups (broad SMARTS) is 1. The quantitative estimate of drug-likeness (QED) is 0.464. The van der Waals surface area contributed by atoms with Gasteiger partial charge in [-0.15, -0.1) is 0 Å². The smallest absolute Gasteiger partial charge is 0.326 e. The van der Waals surface area contributed by atoms with Crippen molar-refractivity contribution in [2.75, 3.05) is 0 Å². The Kier molecular flexibility index (Phi) is 5.61. The van der Waals surface area contributed by atoms with E-state index in [0.717, 1.165) is 45.9 Å². The zero-order valence-corrected chi connectivity index (χ0v) is 16.8. The number of carbonyl (C=O) groups is 2. The molecular formula is C23H24N4O3. The molecule has 0 fully saturated rings. The first-order valence-corrected chi connectivity index (χ1v) is 10.2. The van der Waals surface area contributed by atoms with Gasteiger partial charge < -0.3 is 15.0 Å². The number of hydrogen-bond acceptors (Lipinski definition) is 4. The van der Waals surface area contributed by atoms with Crippen molar-refractivity contribution in [3.05, 3.63) is 48.5 Å². The Bertz CT molecular complexity index is 1230. The van der Waals surface area contributed by atoms with E-state index in [0.29, 0.717) is 13.0 Å². The van der Waals surface area contributed by atoms with Crippen LogP contribution in [0, 0.1) is 0 Å². The van der Waals surface area contributed by atoms with E-state index in [1.807, 2.05) is 60.0 Å². The number of aryl methyl sites for hydroxylation is 1. The molecule has 4 aromatic rings. The second kappa shape index (κ2) is 8.49. The molecule has 154 valence electrons. The number of benzene rings is 2. The normalized spacial score (nSPS) is 12.4. The summed E-state index contributed by atoms with van der Waals surface area (Å²) in [4.78, 5) is 33.5. The molecule has 0 aliphatic heterocycles. The molecule has 2 aromatic heterocycles. The van der Waals surface area contributed by atoms with Crippen LogP contribution in [0.2, 0.25) is 0 Å². The van der Waals surface area contributed by atoms with Gasteiger partial charge in [-0.25, -0.2) is 14.8 Å². The number of rotatable bonds is 8. The lowest BCUT2D eigenvalue weighted by molar-refractivity contribution is -0.142. The van der Waals surface area contributed by atoms with Crippen molar-refractivity contribution in [1.29, 1.82) is 0 Å². The lowest BCUT2D eigenvalue weighted by atomic mass is 10.1. The third-order valence-corrected chi connectivity index (χ3v) is 5.30. The summed E-state index contributed by atoms with van der Waals surface area (Å²) >= 11 is 0. The number of unbranched alkanes of at least 4 members (excludes halogenated alkanes) is 1. The number of nitrogens with zero attached hydrogens (tertiary/aromatic N) is 3. The molecule has 4 rings (SSSR count). The highest BCUT2D eigenvalue weighted by Crippen LogP contribution is 2.28. The van der Waals surface area contributed by atoms with Crippen LogP contribution in [-0.2, 0) is 16.1 Å². The fourth-order valence-corrected chi connectivity index (χ4v) is 3.75. The van der Waals surface area contributed by atoms with Gasteiger partial charge in [0.05, 0.1) is 16.6 Å². The first kappa shape index (κ1) is 19.8. The second-order valence-corrected chi connectivity index (χ2v) is 7.40. The van der Waals surface area contributed by atoms with Gasteiger partial charge >= 0.3 is 5.97 Å². The minimum absolute atomic E-state index is 0.165. The van der Waals surface area contributed by atoms with Crippen molar-refractivity contribution in [3.63, 3.8) is 0 Å².